The first kappa shape index (κ1) is 11.6. The number of hydrogen-bond acceptors (Lipinski definition) is 5. The van der Waals surface area contributed by atoms with Gasteiger partial charge in [-0.3, -0.25) is 0 Å². The van der Waals surface area contributed by atoms with Gasteiger partial charge in [0.1, 0.15) is 12.2 Å². The zero-order valence-electron chi connectivity index (χ0n) is 7.87. The average molecular weight is 204 g/mol. The highest BCUT2D eigenvalue weighted by atomic mass is 16.7. The molecule has 0 aliphatic carbocycles. The van der Waals surface area contributed by atoms with Gasteiger partial charge in [0.15, 0.2) is 6.29 Å². The van der Waals surface area contributed by atoms with E-state index in [-0.39, 0.29) is 13.0 Å². The smallest absolute Gasteiger partial charge is 0.161 e. The molecule has 1 heterocycles. The molecule has 1 unspecified atom stereocenters. The summed E-state index contributed by atoms with van der Waals surface area (Å²) in [5.74, 6) is 0. The molecule has 1 aliphatic heterocycles. The molecule has 4 atom stereocenters. The van der Waals surface area contributed by atoms with Crippen molar-refractivity contribution in [1.82, 2.24) is 0 Å². The Kier molecular flexibility index (Phi) is 4.50. The predicted octanol–water partition coefficient (Wildman–Crippen LogP) is -0.982. The maximum Gasteiger partial charge on any atom is 0.161 e. The van der Waals surface area contributed by atoms with Crippen molar-refractivity contribution in [3.63, 3.8) is 0 Å². The van der Waals surface area contributed by atoms with Crippen LogP contribution in [-0.2, 0) is 9.47 Å². The van der Waals surface area contributed by atoms with E-state index in [0.29, 0.717) is 6.61 Å². The molecule has 14 heavy (non-hydrogen) atoms. The third-order valence-corrected chi connectivity index (χ3v) is 2.12. The van der Waals surface area contributed by atoms with E-state index in [4.69, 9.17) is 14.6 Å². The van der Waals surface area contributed by atoms with Gasteiger partial charge in [0.2, 0.25) is 0 Å². The summed E-state index contributed by atoms with van der Waals surface area (Å²) in [5, 5.41) is 27.6. The first-order valence-electron chi connectivity index (χ1n) is 4.54. The van der Waals surface area contributed by atoms with Crippen LogP contribution in [0.25, 0.3) is 0 Å². The molecule has 0 saturated carbocycles. The van der Waals surface area contributed by atoms with Crippen molar-refractivity contribution in [2.75, 3.05) is 13.2 Å². The molecule has 0 amide bonds. The van der Waals surface area contributed by atoms with Crippen molar-refractivity contribution in [3.8, 4) is 0 Å². The van der Waals surface area contributed by atoms with Gasteiger partial charge in [0, 0.05) is 6.42 Å². The van der Waals surface area contributed by atoms with Crippen LogP contribution in [0.3, 0.4) is 0 Å². The maximum absolute atomic E-state index is 9.40. The number of aliphatic hydroxyl groups is 3. The van der Waals surface area contributed by atoms with Crippen LogP contribution in [-0.4, -0.2) is 53.1 Å². The molecule has 0 spiro atoms. The van der Waals surface area contributed by atoms with Gasteiger partial charge in [-0.2, -0.15) is 0 Å². The lowest BCUT2D eigenvalue weighted by atomic mass is 10.0. The first-order chi connectivity index (χ1) is 6.69. The summed E-state index contributed by atoms with van der Waals surface area (Å²) in [6.07, 6.45) is -1.59. The molecule has 0 radical (unpaired) electrons. The van der Waals surface area contributed by atoms with Crippen molar-refractivity contribution >= 4 is 0 Å². The molecule has 5 heteroatoms. The van der Waals surface area contributed by atoms with E-state index >= 15 is 0 Å². The van der Waals surface area contributed by atoms with Crippen molar-refractivity contribution in [1.29, 1.82) is 0 Å². The standard InChI is InChI=1S/C9H16O5/c1-2-3-13-8-4-6(11)9(12)7(5-10)14-8/h2,6-12H,1,3-5H2/t6-,7-,8?,9+/m1/s1. The van der Waals surface area contributed by atoms with E-state index in [1.807, 2.05) is 0 Å². The van der Waals surface area contributed by atoms with Crippen LogP contribution in [0, 0.1) is 0 Å². The van der Waals surface area contributed by atoms with Gasteiger partial charge >= 0.3 is 0 Å². The van der Waals surface area contributed by atoms with Gasteiger partial charge in [-0.05, 0) is 0 Å². The molecule has 0 aromatic carbocycles. The normalized spacial score (nSPS) is 38.2. The summed E-state index contributed by atoms with van der Waals surface area (Å²) >= 11 is 0. The predicted molar refractivity (Wildman–Crippen MR) is 48.5 cm³/mol. The van der Waals surface area contributed by atoms with E-state index < -0.39 is 24.6 Å². The summed E-state index contributed by atoms with van der Waals surface area (Å²) < 4.78 is 10.4. The zero-order chi connectivity index (χ0) is 10.6. The van der Waals surface area contributed by atoms with Crippen LogP contribution in [0.15, 0.2) is 12.7 Å². The lowest BCUT2D eigenvalue weighted by Gasteiger charge is -2.35. The minimum Gasteiger partial charge on any atom is -0.394 e. The largest absolute Gasteiger partial charge is 0.394 e. The van der Waals surface area contributed by atoms with Crippen LogP contribution in [0.5, 0.6) is 0 Å². The van der Waals surface area contributed by atoms with Crippen LogP contribution in [0.2, 0.25) is 0 Å². The quantitative estimate of drug-likeness (QED) is 0.513. The number of rotatable bonds is 4. The second-order valence-corrected chi connectivity index (χ2v) is 3.20. The molecule has 1 fully saturated rings. The molecule has 0 bridgehead atoms. The molecule has 5 nitrogen and oxygen atoms in total. The van der Waals surface area contributed by atoms with E-state index in [9.17, 15) is 10.2 Å². The van der Waals surface area contributed by atoms with Gasteiger partial charge in [-0.15, -0.1) is 6.58 Å². The van der Waals surface area contributed by atoms with E-state index in [2.05, 4.69) is 6.58 Å². The molecule has 1 aliphatic rings. The molecule has 0 aromatic rings. The van der Waals surface area contributed by atoms with Crippen molar-refractivity contribution in [2.45, 2.75) is 31.0 Å². The van der Waals surface area contributed by atoms with Crippen molar-refractivity contribution in [2.24, 2.45) is 0 Å². The van der Waals surface area contributed by atoms with Gasteiger partial charge in [-0.1, -0.05) is 6.08 Å². The topological polar surface area (TPSA) is 79.2 Å². The van der Waals surface area contributed by atoms with Crippen LogP contribution in [0.1, 0.15) is 6.42 Å². The highest BCUT2D eigenvalue weighted by molar-refractivity contribution is 4.82. The Morgan fingerprint density at radius 2 is 2.21 bits per heavy atom. The van der Waals surface area contributed by atoms with Gasteiger partial charge in [0.05, 0.1) is 19.3 Å². The number of aliphatic hydroxyl groups excluding tert-OH is 3. The minimum atomic E-state index is -1.05. The third-order valence-electron chi connectivity index (χ3n) is 2.12. The third kappa shape index (κ3) is 2.76. The van der Waals surface area contributed by atoms with Crippen LogP contribution >= 0.6 is 0 Å². The molecular formula is C9H16O5. The first-order valence-corrected chi connectivity index (χ1v) is 4.54. The highest BCUT2D eigenvalue weighted by Gasteiger charge is 2.36. The molecule has 3 N–H and O–H groups in total. The summed E-state index contributed by atoms with van der Waals surface area (Å²) in [6, 6.07) is 0. The second kappa shape index (κ2) is 5.43. The average Bonchev–Trinajstić information content (AvgIpc) is 2.19. The molecule has 1 rings (SSSR count). The van der Waals surface area contributed by atoms with Gasteiger partial charge in [-0.25, -0.2) is 0 Å². The van der Waals surface area contributed by atoms with Crippen molar-refractivity contribution in [3.05, 3.63) is 12.7 Å². The molecule has 0 aromatic heterocycles. The highest BCUT2D eigenvalue weighted by Crippen LogP contribution is 2.20. The van der Waals surface area contributed by atoms with E-state index in [1.54, 1.807) is 6.08 Å². The molecular weight excluding hydrogens is 188 g/mol. The summed E-state index contributed by atoms with van der Waals surface area (Å²) in [5.41, 5.74) is 0. The van der Waals surface area contributed by atoms with Gasteiger partial charge < -0.3 is 24.8 Å². The van der Waals surface area contributed by atoms with E-state index in [1.165, 1.54) is 0 Å². The summed E-state index contributed by atoms with van der Waals surface area (Å²) in [7, 11) is 0. The van der Waals surface area contributed by atoms with E-state index in [0.717, 1.165) is 0 Å². The summed E-state index contributed by atoms with van der Waals surface area (Å²) in [4.78, 5) is 0. The maximum atomic E-state index is 9.40. The SMILES string of the molecule is C=CCOC1C[C@@H](O)[C@H](O)[C@@H](CO)O1. The van der Waals surface area contributed by atoms with Crippen LogP contribution < -0.4 is 0 Å². The molecule has 82 valence electrons. The fraction of sp³-hybridized carbons (Fsp3) is 0.778. The van der Waals surface area contributed by atoms with Gasteiger partial charge in [0.25, 0.3) is 0 Å². The fourth-order valence-electron chi connectivity index (χ4n) is 1.35. The monoisotopic (exact) mass is 204 g/mol. The Bertz CT molecular complexity index is 184. The zero-order valence-corrected chi connectivity index (χ0v) is 7.87. The Balaban J connectivity index is 2.45. The second-order valence-electron chi connectivity index (χ2n) is 3.20. The Hall–Kier alpha value is -0.460. The molecule has 1 saturated heterocycles. The lowest BCUT2D eigenvalue weighted by molar-refractivity contribution is -0.253. The van der Waals surface area contributed by atoms with Crippen molar-refractivity contribution < 1.29 is 24.8 Å². The Labute approximate surface area is 82.6 Å². The minimum absolute atomic E-state index is 0.200. The van der Waals surface area contributed by atoms with Crippen LogP contribution in [0.4, 0.5) is 0 Å². The Morgan fingerprint density at radius 1 is 1.50 bits per heavy atom. The summed E-state index contributed by atoms with van der Waals surface area (Å²) in [6.45, 7) is 3.45. The lowest BCUT2D eigenvalue weighted by Crippen LogP contribution is -2.50. The number of ether oxygens (including phenoxy) is 2. The number of hydrogen-bond donors (Lipinski definition) is 3. The fourth-order valence-corrected chi connectivity index (χ4v) is 1.35. The Morgan fingerprint density at radius 3 is 2.79 bits per heavy atom.